The number of rotatable bonds is 8. The normalized spacial score (nSPS) is 15.2. The largest absolute Gasteiger partial charge is 0.457 e. The van der Waals surface area contributed by atoms with E-state index in [1.807, 2.05) is 35.2 Å². The number of hydrogen-bond donors (Lipinski definition) is 2. The van der Waals surface area contributed by atoms with E-state index in [4.69, 9.17) is 4.74 Å². The van der Waals surface area contributed by atoms with Crippen LogP contribution in [0, 0.1) is 0 Å². The van der Waals surface area contributed by atoms with Gasteiger partial charge >= 0.3 is 0 Å². The van der Waals surface area contributed by atoms with E-state index in [2.05, 4.69) is 26.8 Å². The van der Waals surface area contributed by atoms with Crippen LogP contribution < -0.4 is 10.1 Å². The van der Waals surface area contributed by atoms with Crippen molar-refractivity contribution < 1.29 is 14.3 Å². The molecule has 5 rings (SSSR count). The Balaban J connectivity index is 1.36. The smallest absolute Gasteiger partial charge is 0.246 e. The third kappa shape index (κ3) is 4.63. The van der Waals surface area contributed by atoms with E-state index in [0.29, 0.717) is 46.8 Å². The lowest BCUT2D eigenvalue weighted by molar-refractivity contribution is -0.126. The van der Waals surface area contributed by atoms with Crippen LogP contribution in [-0.4, -0.2) is 50.7 Å². The fraction of sp³-hybridized carbons (Fsp3) is 0.185. The lowest BCUT2D eigenvalue weighted by atomic mass is 10.0. The second kappa shape index (κ2) is 9.80. The van der Waals surface area contributed by atoms with Gasteiger partial charge in [0.1, 0.15) is 29.3 Å². The second-order valence-electron chi connectivity index (χ2n) is 8.33. The number of carbonyl (C=O) groups excluding carboxylic acids is 2. The number of nitrogens with one attached hydrogen (secondary N) is 2. The van der Waals surface area contributed by atoms with E-state index < -0.39 is 0 Å². The molecule has 2 N–H and O–H groups in total. The second-order valence-corrected chi connectivity index (χ2v) is 8.33. The van der Waals surface area contributed by atoms with E-state index in [0.717, 1.165) is 18.6 Å². The van der Waals surface area contributed by atoms with Crippen LogP contribution in [0.3, 0.4) is 0 Å². The van der Waals surface area contributed by atoms with Gasteiger partial charge in [0, 0.05) is 30.9 Å². The molecule has 0 spiro atoms. The van der Waals surface area contributed by atoms with Crippen molar-refractivity contribution in [3.8, 4) is 11.5 Å². The number of ether oxygens (including phenoxy) is 1. The molecule has 1 atom stereocenters. The predicted molar refractivity (Wildman–Crippen MR) is 134 cm³/mol. The van der Waals surface area contributed by atoms with Crippen molar-refractivity contribution in [1.29, 1.82) is 0 Å². The molecule has 1 aliphatic heterocycles. The van der Waals surface area contributed by atoms with Gasteiger partial charge in [-0.2, -0.15) is 0 Å². The van der Waals surface area contributed by atoms with E-state index >= 15 is 0 Å². The molecule has 8 nitrogen and oxygen atoms in total. The lowest BCUT2D eigenvalue weighted by Crippen LogP contribution is -2.38. The van der Waals surface area contributed by atoms with Crippen molar-refractivity contribution in [1.82, 2.24) is 19.9 Å². The molecule has 0 aliphatic carbocycles. The molecular formula is C27H25N5O3. The molecule has 8 heteroatoms. The number of likely N-dealkylation sites (tertiary alicyclic amines) is 1. The number of nitrogens with zero attached hydrogens (tertiary/aromatic N) is 3. The number of amides is 1. The molecule has 176 valence electrons. The Labute approximate surface area is 202 Å². The van der Waals surface area contributed by atoms with Crippen molar-refractivity contribution in [2.45, 2.75) is 18.9 Å². The molecule has 1 saturated heterocycles. The minimum atomic E-state index is -0.148. The van der Waals surface area contributed by atoms with E-state index in [9.17, 15) is 9.59 Å². The van der Waals surface area contributed by atoms with Crippen LogP contribution in [0.4, 0.5) is 5.82 Å². The molecule has 0 saturated carbocycles. The molecule has 3 heterocycles. The summed E-state index contributed by atoms with van der Waals surface area (Å²) in [4.78, 5) is 39.1. The summed E-state index contributed by atoms with van der Waals surface area (Å²) < 4.78 is 5.83. The van der Waals surface area contributed by atoms with Gasteiger partial charge in [0.25, 0.3) is 0 Å². The number of hydrogen-bond acceptors (Lipinski definition) is 6. The van der Waals surface area contributed by atoms with Crippen LogP contribution in [0.25, 0.3) is 11.0 Å². The van der Waals surface area contributed by atoms with Crippen molar-refractivity contribution in [3.05, 3.63) is 90.9 Å². The first kappa shape index (κ1) is 22.3. The van der Waals surface area contributed by atoms with Crippen molar-refractivity contribution in [2.24, 2.45) is 0 Å². The molecule has 2 aromatic heterocycles. The molecule has 1 unspecified atom stereocenters. The van der Waals surface area contributed by atoms with Crippen LogP contribution in [0.1, 0.15) is 28.8 Å². The maximum atomic E-state index is 13.4. The highest BCUT2D eigenvalue weighted by molar-refractivity contribution is 6.18. The molecule has 35 heavy (non-hydrogen) atoms. The Morgan fingerprint density at radius 2 is 1.89 bits per heavy atom. The van der Waals surface area contributed by atoms with E-state index in [1.54, 1.807) is 30.5 Å². The van der Waals surface area contributed by atoms with E-state index in [-0.39, 0.29) is 17.7 Å². The van der Waals surface area contributed by atoms with Gasteiger partial charge < -0.3 is 19.9 Å². The number of para-hydroxylation sites is 1. The number of ketones is 1. The molecule has 0 bridgehead atoms. The summed E-state index contributed by atoms with van der Waals surface area (Å²) in [5.41, 5.74) is 1.57. The first-order valence-corrected chi connectivity index (χ1v) is 11.5. The zero-order chi connectivity index (χ0) is 24.2. The minimum Gasteiger partial charge on any atom is -0.457 e. The molecule has 1 aliphatic rings. The average Bonchev–Trinajstić information content (AvgIpc) is 3.55. The molecule has 4 aromatic rings. The highest BCUT2D eigenvalue weighted by atomic mass is 16.5. The topological polar surface area (TPSA) is 100 Å². The van der Waals surface area contributed by atoms with Gasteiger partial charge in [0.15, 0.2) is 5.78 Å². The Kier molecular flexibility index (Phi) is 6.26. The van der Waals surface area contributed by atoms with Crippen molar-refractivity contribution in [2.75, 3.05) is 18.4 Å². The number of aromatic amines is 1. The van der Waals surface area contributed by atoms with E-state index in [1.165, 1.54) is 12.4 Å². The average molecular weight is 468 g/mol. The fourth-order valence-corrected chi connectivity index (χ4v) is 4.40. The molecule has 1 amide bonds. The van der Waals surface area contributed by atoms with Gasteiger partial charge in [-0.25, -0.2) is 9.97 Å². The summed E-state index contributed by atoms with van der Waals surface area (Å²) in [7, 11) is 0. The fourth-order valence-electron chi connectivity index (χ4n) is 4.40. The monoisotopic (exact) mass is 467 g/mol. The van der Waals surface area contributed by atoms with Crippen molar-refractivity contribution in [3.63, 3.8) is 0 Å². The Morgan fingerprint density at radius 1 is 1.11 bits per heavy atom. The highest BCUT2D eigenvalue weighted by Crippen LogP contribution is 2.28. The van der Waals surface area contributed by atoms with Crippen LogP contribution >= 0.6 is 0 Å². The standard InChI is InChI=1S/C27H25N5O3/c1-2-23(33)32-14-6-7-19(32)15-28-26-24-22(16-29-27(24)31-17-30-26)25(34)18-10-12-21(13-11-18)35-20-8-4-3-5-9-20/h2-5,8-13,16-17,19H,1,6-7,14-15H2,(H2,28,29,30,31). The Bertz CT molecular complexity index is 1360. The number of benzene rings is 2. The van der Waals surface area contributed by atoms with Gasteiger partial charge in [-0.3, -0.25) is 9.59 Å². The Morgan fingerprint density at radius 3 is 2.66 bits per heavy atom. The third-order valence-corrected chi connectivity index (χ3v) is 6.15. The maximum Gasteiger partial charge on any atom is 0.246 e. The summed E-state index contributed by atoms with van der Waals surface area (Å²) in [5.74, 6) is 1.71. The highest BCUT2D eigenvalue weighted by Gasteiger charge is 2.27. The van der Waals surface area contributed by atoms with Gasteiger partial charge in [-0.05, 0) is 55.3 Å². The summed E-state index contributed by atoms with van der Waals surface area (Å²) >= 11 is 0. The number of carbonyl (C=O) groups is 2. The number of H-pyrrole nitrogens is 1. The van der Waals surface area contributed by atoms with Gasteiger partial charge in [-0.15, -0.1) is 0 Å². The van der Waals surface area contributed by atoms with Crippen molar-refractivity contribution >= 4 is 28.5 Å². The summed E-state index contributed by atoms with van der Waals surface area (Å²) in [6, 6.07) is 16.6. The summed E-state index contributed by atoms with van der Waals surface area (Å²) in [6.07, 6.45) is 6.30. The lowest BCUT2D eigenvalue weighted by Gasteiger charge is -2.24. The molecule has 2 aromatic carbocycles. The minimum absolute atomic E-state index is 0.0424. The number of fused-ring (bicyclic) bond motifs is 1. The zero-order valence-electron chi connectivity index (χ0n) is 19.1. The van der Waals surface area contributed by atoms with Gasteiger partial charge in [0.05, 0.1) is 10.9 Å². The zero-order valence-corrected chi connectivity index (χ0v) is 19.1. The van der Waals surface area contributed by atoms with Crippen LogP contribution in [-0.2, 0) is 4.79 Å². The number of aromatic nitrogens is 3. The molecule has 1 fully saturated rings. The third-order valence-electron chi connectivity index (χ3n) is 6.15. The van der Waals surface area contributed by atoms with Gasteiger partial charge in [-0.1, -0.05) is 24.8 Å². The Hall–Kier alpha value is -4.46. The number of anilines is 1. The molecule has 0 radical (unpaired) electrons. The van der Waals surface area contributed by atoms with Crippen LogP contribution in [0.15, 0.2) is 79.8 Å². The van der Waals surface area contributed by atoms with Crippen LogP contribution in [0.5, 0.6) is 11.5 Å². The molecular weight excluding hydrogens is 442 g/mol. The summed E-state index contributed by atoms with van der Waals surface area (Å²) in [5, 5.41) is 3.96. The maximum absolute atomic E-state index is 13.4. The first-order chi connectivity index (χ1) is 17.1. The SMILES string of the molecule is C=CC(=O)N1CCCC1CNc1ncnc2[nH]cc(C(=O)c3ccc(Oc4ccccc4)cc3)c12. The first-order valence-electron chi connectivity index (χ1n) is 11.5. The quantitative estimate of drug-likeness (QED) is 0.291. The van der Waals surface area contributed by atoms with Gasteiger partial charge in [0.2, 0.25) is 5.91 Å². The van der Waals surface area contributed by atoms with Crippen LogP contribution in [0.2, 0.25) is 0 Å². The predicted octanol–water partition coefficient (Wildman–Crippen LogP) is 4.57. The summed E-state index contributed by atoms with van der Waals surface area (Å²) in [6.45, 7) is 4.84.